The second-order valence-electron chi connectivity index (χ2n) is 11.6. The van der Waals surface area contributed by atoms with Crippen LogP contribution in [0, 0.1) is 19.8 Å². The third kappa shape index (κ3) is 9.01. The van der Waals surface area contributed by atoms with Crippen LogP contribution in [-0.4, -0.2) is 47.6 Å². The van der Waals surface area contributed by atoms with Crippen LogP contribution in [0.1, 0.15) is 77.6 Å². The molecule has 0 aliphatic heterocycles. The summed E-state index contributed by atoms with van der Waals surface area (Å²) in [4.78, 5) is 42.5. The number of benzene rings is 2. The van der Waals surface area contributed by atoms with E-state index < -0.39 is 23.8 Å². The molecule has 214 valence electrons. The summed E-state index contributed by atoms with van der Waals surface area (Å²) in [5, 5.41) is 5.76. The molecule has 0 aliphatic carbocycles. The first-order valence-electron chi connectivity index (χ1n) is 13.5. The van der Waals surface area contributed by atoms with Gasteiger partial charge in [-0.1, -0.05) is 32.0 Å². The van der Waals surface area contributed by atoms with Crippen molar-refractivity contribution in [1.29, 1.82) is 0 Å². The van der Waals surface area contributed by atoms with Crippen LogP contribution < -0.4 is 15.4 Å². The minimum atomic E-state index is -0.936. The van der Waals surface area contributed by atoms with Crippen molar-refractivity contribution in [2.24, 2.45) is 5.92 Å². The Balaban J connectivity index is 2.56. The molecule has 0 spiro atoms. The van der Waals surface area contributed by atoms with Crippen molar-refractivity contribution in [3.05, 3.63) is 59.2 Å². The Morgan fingerprint density at radius 3 is 2.08 bits per heavy atom. The van der Waals surface area contributed by atoms with E-state index in [1.165, 1.54) is 0 Å². The fraction of sp³-hybridized carbons (Fsp3) is 0.516. The molecule has 0 saturated carbocycles. The van der Waals surface area contributed by atoms with Gasteiger partial charge in [0.2, 0.25) is 5.91 Å². The fourth-order valence-corrected chi connectivity index (χ4v) is 4.37. The summed E-state index contributed by atoms with van der Waals surface area (Å²) in [6.07, 6.45) is -0.280. The summed E-state index contributed by atoms with van der Waals surface area (Å²) >= 11 is 0. The Kier molecular flexibility index (Phi) is 11.0. The first-order valence-corrected chi connectivity index (χ1v) is 13.5. The molecule has 0 saturated heterocycles. The van der Waals surface area contributed by atoms with Crippen molar-refractivity contribution in [2.75, 3.05) is 12.4 Å². The molecule has 2 N–H and O–H groups in total. The summed E-state index contributed by atoms with van der Waals surface area (Å²) in [5.41, 5.74) is 2.52. The van der Waals surface area contributed by atoms with E-state index in [0.29, 0.717) is 17.9 Å². The number of nitrogens with one attached hydrogen (secondary N) is 2. The number of amides is 3. The quantitative estimate of drug-likeness (QED) is 0.376. The molecule has 8 nitrogen and oxygen atoms in total. The Bertz CT molecular complexity index is 1140. The third-order valence-corrected chi connectivity index (χ3v) is 6.33. The summed E-state index contributed by atoms with van der Waals surface area (Å²) in [7, 11) is 1.58. The van der Waals surface area contributed by atoms with Crippen molar-refractivity contribution in [1.82, 2.24) is 10.2 Å². The van der Waals surface area contributed by atoms with E-state index in [4.69, 9.17) is 9.47 Å². The van der Waals surface area contributed by atoms with Gasteiger partial charge >= 0.3 is 6.09 Å². The Labute approximate surface area is 233 Å². The van der Waals surface area contributed by atoms with Gasteiger partial charge in [-0.05, 0) is 102 Å². The number of nitrogens with zero attached hydrogens (tertiary/aromatic N) is 1. The van der Waals surface area contributed by atoms with Crippen LogP contribution in [0.25, 0.3) is 0 Å². The molecule has 0 aromatic heterocycles. The molecular formula is C31H45N3O5. The first-order chi connectivity index (χ1) is 18.1. The van der Waals surface area contributed by atoms with Gasteiger partial charge in [0, 0.05) is 11.7 Å². The maximum atomic E-state index is 14.2. The van der Waals surface area contributed by atoms with Crippen molar-refractivity contribution in [3.63, 3.8) is 0 Å². The molecule has 8 heteroatoms. The van der Waals surface area contributed by atoms with Crippen molar-refractivity contribution in [3.8, 4) is 5.75 Å². The number of rotatable bonds is 10. The molecular weight excluding hydrogens is 494 g/mol. The van der Waals surface area contributed by atoms with Crippen LogP contribution >= 0.6 is 0 Å². The van der Waals surface area contributed by atoms with Gasteiger partial charge < -0.3 is 25.0 Å². The van der Waals surface area contributed by atoms with E-state index in [1.54, 1.807) is 57.0 Å². The van der Waals surface area contributed by atoms with Crippen molar-refractivity contribution in [2.45, 2.75) is 92.5 Å². The highest BCUT2D eigenvalue weighted by molar-refractivity contribution is 5.99. The van der Waals surface area contributed by atoms with Crippen LogP contribution in [0.3, 0.4) is 0 Å². The maximum Gasteiger partial charge on any atom is 0.408 e. The Morgan fingerprint density at radius 2 is 1.56 bits per heavy atom. The first kappa shape index (κ1) is 31.7. The van der Waals surface area contributed by atoms with E-state index in [2.05, 4.69) is 10.6 Å². The highest BCUT2D eigenvalue weighted by Crippen LogP contribution is 2.31. The minimum Gasteiger partial charge on any atom is -0.497 e. The number of aryl methyl sites for hydroxylation is 1. The van der Waals surface area contributed by atoms with Gasteiger partial charge in [0.05, 0.1) is 7.11 Å². The highest BCUT2D eigenvalue weighted by atomic mass is 16.6. The molecule has 0 radical (unpaired) electrons. The molecule has 3 amide bonds. The topological polar surface area (TPSA) is 97.0 Å². The minimum absolute atomic E-state index is 0.107. The number of hydrogen-bond donors (Lipinski definition) is 2. The normalized spacial score (nSPS) is 13.0. The third-order valence-electron chi connectivity index (χ3n) is 6.33. The van der Waals surface area contributed by atoms with Gasteiger partial charge in [-0.15, -0.1) is 0 Å². The van der Waals surface area contributed by atoms with Crippen molar-refractivity contribution >= 4 is 23.6 Å². The number of carbonyl (C=O) groups is 3. The van der Waals surface area contributed by atoms with Crippen LogP contribution in [0.5, 0.6) is 5.75 Å². The largest absolute Gasteiger partial charge is 0.497 e. The predicted octanol–water partition coefficient (Wildman–Crippen LogP) is 6.17. The predicted molar refractivity (Wildman–Crippen MR) is 155 cm³/mol. The molecule has 2 atom stereocenters. The number of anilines is 1. The standard InChI is InChI=1S/C31H45N3O5/c1-19(2)18-26(33-30(37)39-31(7,8)9)29(36)34(20(3)4)27(25-13-11-12-21(5)22(25)6)28(35)32-23-14-16-24(38-10)17-15-23/h11-17,19-20,26-27H,18H2,1-10H3,(H,32,35)(H,33,37). The molecule has 0 bridgehead atoms. The fourth-order valence-electron chi connectivity index (χ4n) is 4.37. The lowest BCUT2D eigenvalue weighted by molar-refractivity contribution is -0.143. The monoisotopic (exact) mass is 539 g/mol. The highest BCUT2D eigenvalue weighted by Gasteiger charge is 2.38. The van der Waals surface area contributed by atoms with Crippen LogP contribution in [-0.2, 0) is 14.3 Å². The second kappa shape index (κ2) is 13.5. The van der Waals surface area contributed by atoms with Gasteiger partial charge in [-0.3, -0.25) is 9.59 Å². The number of ether oxygens (including phenoxy) is 2. The summed E-state index contributed by atoms with van der Waals surface area (Å²) in [6, 6.07) is 10.6. The maximum absolute atomic E-state index is 14.2. The summed E-state index contributed by atoms with van der Waals surface area (Å²) < 4.78 is 10.7. The lowest BCUT2D eigenvalue weighted by atomic mass is 9.93. The molecule has 2 aromatic rings. The number of methoxy groups -OCH3 is 1. The number of carbonyl (C=O) groups excluding carboxylic acids is 3. The Morgan fingerprint density at radius 1 is 0.949 bits per heavy atom. The number of hydrogen-bond acceptors (Lipinski definition) is 5. The average molecular weight is 540 g/mol. The van der Waals surface area contributed by atoms with E-state index in [9.17, 15) is 14.4 Å². The number of alkyl carbamates (subject to hydrolysis) is 1. The van der Waals surface area contributed by atoms with Gasteiger partial charge in [0.1, 0.15) is 23.4 Å². The van der Waals surface area contributed by atoms with Gasteiger partial charge in [0.25, 0.3) is 5.91 Å². The molecule has 2 rings (SSSR count). The Hall–Kier alpha value is -3.55. The van der Waals surface area contributed by atoms with E-state index in [0.717, 1.165) is 16.7 Å². The average Bonchev–Trinajstić information content (AvgIpc) is 2.82. The van der Waals surface area contributed by atoms with Gasteiger partial charge in [-0.2, -0.15) is 0 Å². The zero-order valence-corrected chi connectivity index (χ0v) is 25.0. The van der Waals surface area contributed by atoms with E-state index >= 15 is 0 Å². The molecule has 0 fully saturated rings. The van der Waals surface area contributed by atoms with Crippen LogP contribution in [0.15, 0.2) is 42.5 Å². The molecule has 0 heterocycles. The smallest absolute Gasteiger partial charge is 0.408 e. The molecule has 0 aliphatic rings. The van der Waals surface area contributed by atoms with Crippen LogP contribution in [0.2, 0.25) is 0 Å². The summed E-state index contributed by atoms with van der Waals surface area (Å²) in [6.45, 7) is 16.9. The summed E-state index contributed by atoms with van der Waals surface area (Å²) in [5.74, 6) is 0.0785. The lowest BCUT2D eigenvalue weighted by Gasteiger charge is -2.38. The molecule has 2 aromatic carbocycles. The molecule has 2 unspecified atom stereocenters. The molecule has 39 heavy (non-hydrogen) atoms. The SMILES string of the molecule is COc1ccc(NC(=O)C(c2cccc(C)c2C)N(C(=O)C(CC(C)C)NC(=O)OC(C)(C)C)C(C)C)cc1. The van der Waals surface area contributed by atoms with E-state index in [-0.39, 0.29) is 23.8 Å². The lowest BCUT2D eigenvalue weighted by Crippen LogP contribution is -2.54. The van der Waals surface area contributed by atoms with Gasteiger partial charge in [0.15, 0.2) is 0 Å². The van der Waals surface area contributed by atoms with Crippen LogP contribution in [0.4, 0.5) is 10.5 Å². The zero-order chi connectivity index (χ0) is 29.5. The second-order valence-corrected chi connectivity index (χ2v) is 11.6. The zero-order valence-electron chi connectivity index (χ0n) is 25.0. The van der Waals surface area contributed by atoms with Crippen molar-refractivity contribution < 1.29 is 23.9 Å². The van der Waals surface area contributed by atoms with Gasteiger partial charge in [-0.25, -0.2) is 4.79 Å². The van der Waals surface area contributed by atoms with E-state index in [1.807, 2.05) is 59.7 Å².